The SMILES string of the molecule is C=CCn1cc2cc(N3C(=S)N(c4ccc(C#N)c(C(F)(F)F)c4)C(=O)C3(C)C)ccc2n1. The molecule has 0 N–H and O–H groups in total. The van der Waals surface area contributed by atoms with Gasteiger partial charge in [0.2, 0.25) is 0 Å². The summed E-state index contributed by atoms with van der Waals surface area (Å²) in [7, 11) is 0. The Morgan fingerprint density at radius 3 is 2.55 bits per heavy atom. The van der Waals surface area contributed by atoms with Gasteiger partial charge in [-0.15, -0.1) is 6.58 Å². The maximum absolute atomic E-state index is 13.5. The van der Waals surface area contributed by atoms with Crippen molar-refractivity contribution in [3.8, 4) is 6.07 Å². The van der Waals surface area contributed by atoms with E-state index in [-0.39, 0.29) is 10.8 Å². The number of carbonyl (C=O) groups is 1. The molecule has 0 saturated carbocycles. The van der Waals surface area contributed by atoms with Crippen molar-refractivity contribution in [3.63, 3.8) is 0 Å². The molecule has 2 heterocycles. The quantitative estimate of drug-likeness (QED) is 0.396. The summed E-state index contributed by atoms with van der Waals surface area (Å²) in [6, 6.07) is 10.0. The molecular weight excluding hydrogens is 451 g/mol. The first-order valence-electron chi connectivity index (χ1n) is 9.87. The molecule has 33 heavy (non-hydrogen) atoms. The highest BCUT2D eigenvalue weighted by molar-refractivity contribution is 7.81. The Labute approximate surface area is 193 Å². The lowest BCUT2D eigenvalue weighted by Crippen LogP contribution is -2.44. The van der Waals surface area contributed by atoms with Crippen LogP contribution in [0.4, 0.5) is 24.5 Å². The lowest BCUT2D eigenvalue weighted by Gasteiger charge is -2.29. The number of allylic oxidation sites excluding steroid dienone is 1. The minimum absolute atomic E-state index is 0.0423. The number of aromatic nitrogens is 2. The van der Waals surface area contributed by atoms with Crippen LogP contribution in [0.1, 0.15) is 25.0 Å². The molecule has 0 atom stereocenters. The summed E-state index contributed by atoms with van der Waals surface area (Å²) in [6.07, 6.45) is -1.20. The number of thiocarbonyl (C=S) groups is 1. The number of hydrogen-bond donors (Lipinski definition) is 0. The van der Waals surface area contributed by atoms with E-state index in [1.165, 1.54) is 6.07 Å². The summed E-state index contributed by atoms with van der Waals surface area (Å²) in [6.45, 7) is 7.54. The van der Waals surface area contributed by atoms with Crippen LogP contribution >= 0.6 is 12.2 Å². The van der Waals surface area contributed by atoms with Gasteiger partial charge in [-0.05, 0) is 62.5 Å². The number of fused-ring (bicyclic) bond motifs is 1. The van der Waals surface area contributed by atoms with Crippen molar-refractivity contribution in [2.24, 2.45) is 0 Å². The van der Waals surface area contributed by atoms with Crippen molar-refractivity contribution in [2.45, 2.75) is 32.1 Å². The number of halogens is 3. The molecule has 1 aromatic heterocycles. The number of carbonyl (C=O) groups excluding carboxylic acids is 1. The zero-order valence-corrected chi connectivity index (χ0v) is 18.5. The van der Waals surface area contributed by atoms with Crippen molar-refractivity contribution in [3.05, 3.63) is 66.4 Å². The lowest BCUT2D eigenvalue weighted by molar-refractivity contribution is -0.137. The average molecular weight is 469 g/mol. The second-order valence-corrected chi connectivity index (χ2v) is 8.41. The normalized spacial score (nSPS) is 15.9. The minimum Gasteiger partial charge on any atom is -0.304 e. The number of rotatable bonds is 4. The molecule has 0 bridgehead atoms. The molecule has 1 aliphatic rings. The Morgan fingerprint density at radius 1 is 1.21 bits per heavy atom. The highest BCUT2D eigenvalue weighted by Crippen LogP contribution is 2.40. The Morgan fingerprint density at radius 2 is 1.91 bits per heavy atom. The summed E-state index contributed by atoms with van der Waals surface area (Å²) in [5, 5.41) is 14.4. The van der Waals surface area contributed by atoms with Gasteiger partial charge in [-0.25, -0.2) is 0 Å². The number of nitrogens with zero attached hydrogens (tertiary/aromatic N) is 5. The van der Waals surface area contributed by atoms with Gasteiger partial charge in [0, 0.05) is 17.3 Å². The van der Waals surface area contributed by atoms with Crippen LogP contribution in [0.5, 0.6) is 0 Å². The van der Waals surface area contributed by atoms with E-state index in [4.69, 9.17) is 17.5 Å². The fraction of sp³-hybridized carbons (Fsp3) is 0.217. The van der Waals surface area contributed by atoms with E-state index < -0.39 is 28.7 Å². The van der Waals surface area contributed by atoms with Gasteiger partial charge >= 0.3 is 6.18 Å². The van der Waals surface area contributed by atoms with Crippen LogP contribution < -0.4 is 9.80 Å². The highest BCUT2D eigenvalue weighted by Gasteiger charge is 2.50. The monoisotopic (exact) mass is 469 g/mol. The molecule has 0 aliphatic carbocycles. The van der Waals surface area contributed by atoms with Gasteiger partial charge in [0.05, 0.1) is 34.9 Å². The molecular formula is C23H18F3N5OS. The van der Waals surface area contributed by atoms with Gasteiger partial charge in [0.15, 0.2) is 5.11 Å². The Kier molecular flexibility index (Phi) is 5.25. The highest BCUT2D eigenvalue weighted by atomic mass is 32.1. The number of nitriles is 1. The van der Waals surface area contributed by atoms with Crippen LogP contribution in [-0.4, -0.2) is 26.3 Å². The van der Waals surface area contributed by atoms with Crippen LogP contribution in [0, 0.1) is 11.3 Å². The second-order valence-electron chi connectivity index (χ2n) is 8.04. The van der Waals surface area contributed by atoms with E-state index in [2.05, 4.69) is 11.7 Å². The zero-order valence-electron chi connectivity index (χ0n) is 17.7. The van der Waals surface area contributed by atoms with E-state index in [9.17, 15) is 18.0 Å². The molecule has 2 aromatic carbocycles. The van der Waals surface area contributed by atoms with E-state index in [0.29, 0.717) is 12.2 Å². The number of alkyl halides is 3. The van der Waals surface area contributed by atoms with Gasteiger partial charge in [-0.1, -0.05) is 6.08 Å². The standard InChI is InChI=1S/C23H18F3N5OS/c1-4-9-29-13-15-10-17(7-8-19(15)28-29)31-21(33)30(20(32)22(31,2)3)16-6-5-14(12-27)18(11-16)23(24,25)26/h4-8,10-11,13H,1,9H2,2-3H3. The van der Waals surface area contributed by atoms with Gasteiger partial charge in [0.25, 0.3) is 5.91 Å². The van der Waals surface area contributed by atoms with Gasteiger partial charge < -0.3 is 4.90 Å². The van der Waals surface area contributed by atoms with E-state index in [1.54, 1.807) is 47.7 Å². The number of amides is 1. The molecule has 0 radical (unpaired) electrons. The molecule has 1 fully saturated rings. The molecule has 1 saturated heterocycles. The third-order valence-corrected chi connectivity index (χ3v) is 5.83. The molecule has 1 aliphatic heterocycles. The third kappa shape index (κ3) is 3.64. The van der Waals surface area contributed by atoms with Crippen molar-refractivity contribution < 1.29 is 18.0 Å². The second kappa shape index (κ2) is 7.71. The molecule has 4 rings (SSSR count). The number of anilines is 2. The number of hydrogen-bond acceptors (Lipinski definition) is 4. The van der Waals surface area contributed by atoms with E-state index >= 15 is 0 Å². The van der Waals surface area contributed by atoms with Gasteiger partial charge in [-0.3, -0.25) is 14.4 Å². The summed E-state index contributed by atoms with van der Waals surface area (Å²) in [5.74, 6) is -0.479. The fourth-order valence-electron chi connectivity index (χ4n) is 3.89. The summed E-state index contributed by atoms with van der Waals surface area (Å²) < 4.78 is 42.2. The first kappa shape index (κ1) is 22.5. The van der Waals surface area contributed by atoms with Gasteiger partial charge in [0.1, 0.15) is 5.54 Å². The summed E-state index contributed by atoms with van der Waals surface area (Å²) >= 11 is 5.57. The van der Waals surface area contributed by atoms with Crippen molar-refractivity contribution >= 4 is 45.5 Å². The van der Waals surface area contributed by atoms with Crippen molar-refractivity contribution in [1.29, 1.82) is 5.26 Å². The van der Waals surface area contributed by atoms with Crippen LogP contribution in [0.25, 0.3) is 10.9 Å². The molecule has 0 unspecified atom stereocenters. The zero-order chi connectivity index (χ0) is 24.1. The molecule has 1 amide bonds. The van der Waals surface area contributed by atoms with E-state index in [0.717, 1.165) is 27.9 Å². The van der Waals surface area contributed by atoms with Crippen molar-refractivity contribution in [2.75, 3.05) is 9.80 Å². The largest absolute Gasteiger partial charge is 0.417 e. The lowest BCUT2D eigenvalue weighted by atomic mass is 10.0. The maximum atomic E-state index is 13.5. The first-order chi connectivity index (χ1) is 15.5. The number of benzene rings is 2. The predicted octanol–water partition coefficient (Wildman–Crippen LogP) is 5.03. The topological polar surface area (TPSA) is 65.2 Å². The molecule has 0 spiro atoms. The summed E-state index contributed by atoms with van der Waals surface area (Å²) in [5.41, 5.74) is -1.50. The average Bonchev–Trinajstić information content (AvgIpc) is 3.22. The Hall–Kier alpha value is -3.71. The third-order valence-electron chi connectivity index (χ3n) is 5.47. The molecule has 6 nitrogen and oxygen atoms in total. The molecule has 3 aromatic rings. The minimum atomic E-state index is -4.75. The van der Waals surface area contributed by atoms with Crippen LogP contribution in [0.3, 0.4) is 0 Å². The fourth-order valence-corrected chi connectivity index (χ4v) is 4.41. The van der Waals surface area contributed by atoms with Crippen LogP contribution in [0.2, 0.25) is 0 Å². The maximum Gasteiger partial charge on any atom is 0.417 e. The van der Waals surface area contributed by atoms with Crippen LogP contribution in [0.15, 0.2) is 55.3 Å². The van der Waals surface area contributed by atoms with Crippen molar-refractivity contribution in [1.82, 2.24) is 9.78 Å². The predicted molar refractivity (Wildman–Crippen MR) is 123 cm³/mol. The van der Waals surface area contributed by atoms with Crippen LogP contribution in [-0.2, 0) is 17.5 Å². The molecule has 10 heteroatoms. The van der Waals surface area contributed by atoms with E-state index in [1.807, 2.05) is 12.3 Å². The van der Waals surface area contributed by atoms with Gasteiger partial charge in [-0.2, -0.15) is 23.5 Å². The summed E-state index contributed by atoms with van der Waals surface area (Å²) in [4.78, 5) is 16.0. The smallest absolute Gasteiger partial charge is 0.304 e. The Bertz CT molecular complexity index is 1350. The first-order valence-corrected chi connectivity index (χ1v) is 10.3. The Balaban J connectivity index is 1.79. The molecule has 168 valence electrons.